The molecule has 1 aromatic rings. The van der Waals surface area contributed by atoms with E-state index < -0.39 is 30.3 Å². The Morgan fingerprint density at radius 1 is 1.16 bits per heavy atom. The summed E-state index contributed by atoms with van der Waals surface area (Å²) in [6.07, 6.45) is 3.76. The number of carboxylic acids is 1. The number of aromatic carboxylic acids is 1. The number of aromatic nitrogens is 1. The van der Waals surface area contributed by atoms with E-state index in [-0.39, 0.29) is 41.8 Å². The number of halogens is 1. The van der Waals surface area contributed by atoms with Crippen LogP contribution in [-0.2, 0) is 14.3 Å². The largest absolute Gasteiger partial charge is 0.476 e. The third-order valence-corrected chi connectivity index (χ3v) is 5.87. The van der Waals surface area contributed by atoms with Crippen LogP contribution in [-0.4, -0.2) is 71.1 Å². The minimum atomic E-state index is -1.27. The molecular weight excluding hydrogens is 411 g/mol. The van der Waals surface area contributed by atoms with Gasteiger partial charge in [0.1, 0.15) is 18.5 Å². The van der Waals surface area contributed by atoms with Crippen LogP contribution in [0.4, 0.5) is 10.4 Å². The Morgan fingerprint density at radius 3 is 2.58 bits per heavy atom. The Balaban J connectivity index is 1.54. The number of aliphatic imine (C=N–C) groups is 2. The van der Waals surface area contributed by atoms with Gasteiger partial charge < -0.3 is 19.0 Å². The number of nitrogens with zero attached hydrogens (tertiary/aromatic N) is 3. The van der Waals surface area contributed by atoms with Gasteiger partial charge >= 0.3 is 12.0 Å². The van der Waals surface area contributed by atoms with Gasteiger partial charge in [-0.2, -0.15) is 4.98 Å². The first kappa shape index (κ1) is 21.4. The van der Waals surface area contributed by atoms with E-state index in [2.05, 4.69) is 20.3 Å². The van der Waals surface area contributed by atoms with Gasteiger partial charge in [-0.25, -0.2) is 14.2 Å². The number of fused-ring (bicyclic) bond motifs is 1. The van der Waals surface area contributed by atoms with Crippen LogP contribution in [0, 0.1) is 0 Å². The molecule has 2 fully saturated rings. The van der Waals surface area contributed by atoms with Crippen LogP contribution in [0.1, 0.15) is 55.4 Å². The molecule has 1 aliphatic heterocycles. The summed E-state index contributed by atoms with van der Waals surface area (Å²) in [6, 6.07) is -0.456. The van der Waals surface area contributed by atoms with E-state index in [1.165, 1.54) is 7.11 Å². The van der Waals surface area contributed by atoms with Crippen LogP contribution in [0.2, 0.25) is 0 Å². The predicted octanol–water partition coefficient (Wildman–Crippen LogP) is 2.40. The zero-order chi connectivity index (χ0) is 22.0. The molecule has 5 unspecified atom stereocenters. The van der Waals surface area contributed by atoms with E-state index in [1.807, 2.05) is 0 Å². The molecule has 0 aromatic carbocycles. The molecule has 0 radical (unpaired) electrons. The molecule has 2 heterocycles. The molecule has 0 saturated heterocycles. The van der Waals surface area contributed by atoms with Crippen molar-refractivity contribution in [1.82, 2.24) is 4.98 Å². The summed E-state index contributed by atoms with van der Waals surface area (Å²) in [5.41, 5.74) is -0.334. The van der Waals surface area contributed by atoms with Crippen molar-refractivity contribution in [1.29, 1.82) is 0 Å². The number of anilines is 1. The maximum absolute atomic E-state index is 13.8. The van der Waals surface area contributed by atoms with Gasteiger partial charge in [0.05, 0.1) is 18.2 Å². The van der Waals surface area contributed by atoms with E-state index in [1.54, 1.807) is 0 Å². The van der Waals surface area contributed by atoms with E-state index in [9.17, 15) is 14.0 Å². The number of hydrogen-bond donors (Lipinski definition) is 2. The molecule has 2 N–H and O–H groups in total. The van der Waals surface area contributed by atoms with Gasteiger partial charge in [0.15, 0.2) is 11.4 Å². The summed E-state index contributed by atoms with van der Waals surface area (Å²) in [5.74, 6) is -1.84. The van der Waals surface area contributed by atoms with Gasteiger partial charge in [0, 0.05) is 13.5 Å². The fraction of sp³-hybridized carbons (Fsp3) is 0.650. The van der Waals surface area contributed by atoms with Crippen LogP contribution < -0.4 is 5.32 Å². The number of oxazole rings is 1. The Labute approximate surface area is 177 Å². The Hall–Kier alpha value is -2.82. The molecule has 10 nitrogen and oxygen atoms in total. The SMILES string of the molecule is COC1CC(F)CCC1OC1=NC2CCCCC2N=C1C(=O)Nc1nc(C(=O)O)co1. The minimum Gasteiger partial charge on any atom is -0.476 e. The maximum Gasteiger partial charge on any atom is 0.357 e. The number of carboxylic acid groups (broad SMARTS) is 1. The summed E-state index contributed by atoms with van der Waals surface area (Å²) in [6.45, 7) is 0. The second-order valence-corrected chi connectivity index (χ2v) is 7.97. The zero-order valence-electron chi connectivity index (χ0n) is 17.1. The van der Waals surface area contributed by atoms with Crippen molar-refractivity contribution >= 4 is 29.5 Å². The molecule has 5 atom stereocenters. The maximum atomic E-state index is 13.8. The lowest BCUT2D eigenvalue weighted by Gasteiger charge is -2.35. The van der Waals surface area contributed by atoms with Crippen molar-refractivity contribution < 1.29 is 33.0 Å². The van der Waals surface area contributed by atoms with E-state index >= 15 is 0 Å². The van der Waals surface area contributed by atoms with Crippen LogP contribution in [0.15, 0.2) is 20.7 Å². The normalized spacial score (nSPS) is 30.6. The Morgan fingerprint density at radius 2 is 1.90 bits per heavy atom. The van der Waals surface area contributed by atoms with Crippen LogP contribution in [0.3, 0.4) is 0 Å². The number of nitrogens with one attached hydrogen (secondary N) is 1. The molecule has 2 saturated carbocycles. The summed E-state index contributed by atoms with van der Waals surface area (Å²) >= 11 is 0. The van der Waals surface area contributed by atoms with Crippen LogP contribution in [0.5, 0.6) is 0 Å². The monoisotopic (exact) mass is 436 g/mol. The molecule has 168 valence electrons. The Bertz CT molecular complexity index is 900. The Kier molecular flexibility index (Phi) is 6.30. The molecule has 11 heteroatoms. The van der Waals surface area contributed by atoms with Crippen molar-refractivity contribution in [3.8, 4) is 0 Å². The summed E-state index contributed by atoms with van der Waals surface area (Å²) in [5, 5.41) is 11.4. The van der Waals surface area contributed by atoms with Crippen molar-refractivity contribution in [2.24, 2.45) is 9.98 Å². The van der Waals surface area contributed by atoms with Gasteiger partial charge in [-0.3, -0.25) is 15.1 Å². The molecule has 31 heavy (non-hydrogen) atoms. The first-order chi connectivity index (χ1) is 14.9. The van der Waals surface area contributed by atoms with E-state index in [0.717, 1.165) is 31.9 Å². The van der Waals surface area contributed by atoms with Crippen molar-refractivity contribution in [2.75, 3.05) is 12.4 Å². The average Bonchev–Trinajstić information content (AvgIpc) is 3.23. The smallest absolute Gasteiger partial charge is 0.357 e. The fourth-order valence-electron chi connectivity index (χ4n) is 4.23. The first-order valence-corrected chi connectivity index (χ1v) is 10.4. The third kappa shape index (κ3) is 4.76. The topological polar surface area (TPSA) is 136 Å². The lowest BCUT2D eigenvalue weighted by atomic mass is 9.90. The minimum absolute atomic E-state index is 0.00421. The number of ether oxygens (including phenoxy) is 2. The first-order valence-electron chi connectivity index (χ1n) is 10.4. The van der Waals surface area contributed by atoms with Crippen LogP contribution in [0.25, 0.3) is 0 Å². The number of alkyl halides is 1. The lowest BCUT2D eigenvalue weighted by Crippen LogP contribution is -2.46. The number of methoxy groups -OCH3 is 1. The van der Waals surface area contributed by atoms with Gasteiger partial charge in [0.25, 0.3) is 5.91 Å². The van der Waals surface area contributed by atoms with E-state index in [0.29, 0.717) is 12.8 Å². The molecule has 2 aliphatic carbocycles. The number of carbonyl (C=O) groups is 2. The molecule has 4 rings (SSSR count). The highest BCUT2D eigenvalue weighted by atomic mass is 19.1. The van der Waals surface area contributed by atoms with Crippen molar-refractivity contribution in [2.45, 2.75) is 75.4 Å². The lowest BCUT2D eigenvalue weighted by molar-refractivity contribution is -0.110. The predicted molar refractivity (Wildman–Crippen MR) is 107 cm³/mol. The highest BCUT2D eigenvalue weighted by Crippen LogP contribution is 2.30. The van der Waals surface area contributed by atoms with Gasteiger partial charge in [-0.05, 0) is 25.7 Å². The van der Waals surface area contributed by atoms with Crippen molar-refractivity contribution in [3.63, 3.8) is 0 Å². The second-order valence-electron chi connectivity index (χ2n) is 7.97. The molecule has 1 amide bonds. The zero-order valence-corrected chi connectivity index (χ0v) is 17.1. The standard InChI is InChI=1S/C20H25FN4O6/c1-29-15-8-10(21)6-7-14(15)31-18-16(22-11-4-2-3-5-12(11)23-18)17(26)25-20-24-13(9-30-20)19(27)28/h9-12,14-15H,2-8H2,1H3,(H,27,28)(H,24,25,26). The van der Waals surface area contributed by atoms with Gasteiger partial charge in [0.2, 0.25) is 5.90 Å². The third-order valence-electron chi connectivity index (χ3n) is 5.87. The van der Waals surface area contributed by atoms with Crippen molar-refractivity contribution in [3.05, 3.63) is 12.0 Å². The highest BCUT2D eigenvalue weighted by Gasteiger charge is 2.38. The number of carbonyl (C=O) groups excluding carboxylic acids is 1. The van der Waals surface area contributed by atoms with E-state index in [4.69, 9.17) is 19.0 Å². The second kappa shape index (κ2) is 9.13. The average molecular weight is 436 g/mol. The highest BCUT2D eigenvalue weighted by molar-refractivity contribution is 6.67. The summed E-state index contributed by atoms with van der Waals surface area (Å²) < 4.78 is 30.3. The number of hydrogen-bond acceptors (Lipinski definition) is 8. The molecule has 0 bridgehead atoms. The van der Waals surface area contributed by atoms with Gasteiger partial charge in [-0.1, -0.05) is 12.8 Å². The number of rotatable bonds is 5. The summed E-state index contributed by atoms with van der Waals surface area (Å²) in [4.78, 5) is 36.9. The van der Waals surface area contributed by atoms with Gasteiger partial charge in [-0.15, -0.1) is 0 Å². The molecular formula is C20H25FN4O6. The molecule has 3 aliphatic rings. The number of amides is 1. The fourth-order valence-corrected chi connectivity index (χ4v) is 4.23. The quantitative estimate of drug-likeness (QED) is 0.723. The molecule has 1 aromatic heterocycles. The summed E-state index contributed by atoms with van der Waals surface area (Å²) in [7, 11) is 1.50. The van der Waals surface area contributed by atoms with Crippen LogP contribution >= 0.6 is 0 Å². The molecule has 0 spiro atoms.